The van der Waals surface area contributed by atoms with Crippen molar-refractivity contribution in [2.24, 2.45) is 13.0 Å². The highest BCUT2D eigenvalue weighted by Gasteiger charge is 2.53. The van der Waals surface area contributed by atoms with Gasteiger partial charge in [0, 0.05) is 60.2 Å². The van der Waals surface area contributed by atoms with Crippen LogP contribution in [0.15, 0.2) is 36.1 Å². The van der Waals surface area contributed by atoms with Crippen LogP contribution in [0.5, 0.6) is 0 Å². The van der Waals surface area contributed by atoms with Crippen molar-refractivity contribution in [1.82, 2.24) is 24.9 Å². The number of nitrogens with zero attached hydrogens (tertiary/aromatic N) is 4. The molecule has 4 atom stereocenters. The monoisotopic (exact) mass is 397 g/mol. The second kappa shape index (κ2) is 6.28. The Kier molecular flexibility index (Phi) is 3.96. The van der Waals surface area contributed by atoms with Gasteiger partial charge in [0.15, 0.2) is 0 Å². The van der Waals surface area contributed by atoms with Crippen LogP contribution >= 0.6 is 11.3 Å². The van der Waals surface area contributed by atoms with Crippen LogP contribution in [-0.4, -0.2) is 48.0 Å². The van der Waals surface area contributed by atoms with E-state index in [1.807, 2.05) is 35.7 Å². The molecule has 1 amide bonds. The molecular formula is C20H23N5O2S. The molecule has 7 nitrogen and oxygen atoms in total. The first-order chi connectivity index (χ1) is 13.5. The highest BCUT2D eigenvalue weighted by atomic mass is 32.1. The van der Waals surface area contributed by atoms with Crippen molar-refractivity contribution in [3.8, 4) is 10.4 Å². The molecule has 5 heterocycles. The lowest BCUT2D eigenvalue weighted by molar-refractivity contribution is -0.0557. The number of aliphatic hydroxyl groups is 1. The normalized spacial score (nSPS) is 29.4. The number of aryl methyl sites for hydroxylation is 1. The van der Waals surface area contributed by atoms with E-state index in [-0.39, 0.29) is 18.0 Å². The highest BCUT2D eigenvalue weighted by molar-refractivity contribution is 7.13. The van der Waals surface area contributed by atoms with Crippen molar-refractivity contribution in [2.45, 2.75) is 43.9 Å². The average Bonchev–Trinajstić information content (AvgIpc) is 3.42. The number of nitrogens with one attached hydrogen (secondary N) is 1. The van der Waals surface area contributed by atoms with Crippen LogP contribution < -0.4 is 0 Å². The first kappa shape index (κ1) is 17.6. The summed E-state index contributed by atoms with van der Waals surface area (Å²) in [5, 5.41) is 24.4. The van der Waals surface area contributed by atoms with Gasteiger partial charge in [0.1, 0.15) is 5.60 Å². The Morgan fingerprint density at radius 2 is 2.29 bits per heavy atom. The molecule has 146 valence electrons. The topological polar surface area (TPSA) is 87.0 Å². The molecule has 28 heavy (non-hydrogen) atoms. The van der Waals surface area contributed by atoms with Crippen molar-refractivity contribution in [3.05, 3.63) is 47.4 Å². The van der Waals surface area contributed by atoms with E-state index in [0.29, 0.717) is 18.8 Å². The largest absolute Gasteiger partial charge is 0.383 e. The van der Waals surface area contributed by atoms with Gasteiger partial charge in [-0.2, -0.15) is 10.2 Å². The minimum atomic E-state index is -0.932. The molecule has 8 heteroatoms. The third kappa shape index (κ3) is 2.62. The highest BCUT2D eigenvalue weighted by Crippen LogP contribution is 2.48. The molecule has 0 radical (unpaired) electrons. The van der Waals surface area contributed by atoms with Crippen LogP contribution in [0.3, 0.4) is 0 Å². The predicted molar refractivity (Wildman–Crippen MR) is 106 cm³/mol. The minimum absolute atomic E-state index is 0.0309. The van der Waals surface area contributed by atoms with E-state index in [2.05, 4.69) is 22.2 Å². The van der Waals surface area contributed by atoms with Crippen molar-refractivity contribution >= 4 is 17.2 Å². The second-order valence-corrected chi connectivity index (χ2v) is 9.02. The molecule has 0 spiro atoms. The molecule has 0 saturated carbocycles. The van der Waals surface area contributed by atoms with E-state index in [4.69, 9.17) is 0 Å². The van der Waals surface area contributed by atoms with Crippen LogP contribution in [0.2, 0.25) is 0 Å². The Bertz CT molecular complexity index is 1010. The SMILES string of the molecule is CC1CC2CC(O)(c3ccnn3C)CC1N2C(=O)c1csc(-c2cn[nH]c2)c1. The Hall–Kier alpha value is -2.45. The lowest BCUT2D eigenvalue weighted by atomic mass is 9.82. The molecule has 2 bridgehead atoms. The Morgan fingerprint density at radius 3 is 2.96 bits per heavy atom. The van der Waals surface area contributed by atoms with E-state index in [9.17, 15) is 9.90 Å². The van der Waals surface area contributed by atoms with Crippen LogP contribution in [0.4, 0.5) is 0 Å². The number of thiophene rings is 1. The van der Waals surface area contributed by atoms with E-state index in [1.54, 1.807) is 28.4 Å². The Balaban J connectivity index is 1.43. The summed E-state index contributed by atoms with van der Waals surface area (Å²) in [4.78, 5) is 16.4. The fourth-order valence-corrected chi connectivity index (χ4v) is 5.90. The van der Waals surface area contributed by atoms with Crippen molar-refractivity contribution in [3.63, 3.8) is 0 Å². The maximum absolute atomic E-state index is 13.4. The summed E-state index contributed by atoms with van der Waals surface area (Å²) in [5.74, 6) is 0.431. The smallest absolute Gasteiger partial charge is 0.255 e. The molecule has 3 aromatic heterocycles. The quantitative estimate of drug-likeness (QED) is 0.711. The molecule has 2 N–H and O–H groups in total. The van der Waals surface area contributed by atoms with Gasteiger partial charge in [-0.25, -0.2) is 0 Å². The molecule has 3 aromatic rings. The number of aromatic amines is 1. The van der Waals surface area contributed by atoms with Gasteiger partial charge in [0.25, 0.3) is 5.91 Å². The summed E-state index contributed by atoms with van der Waals surface area (Å²) in [6.45, 7) is 2.18. The molecule has 2 fully saturated rings. The number of amides is 1. The number of hydrogen-bond donors (Lipinski definition) is 2. The fraction of sp³-hybridized carbons (Fsp3) is 0.450. The molecule has 4 unspecified atom stereocenters. The van der Waals surface area contributed by atoms with Gasteiger partial charge in [0.2, 0.25) is 0 Å². The van der Waals surface area contributed by atoms with Crippen molar-refractivity contribution in [2.75, 3.05) is 0 Å². The Morgan fingerprint density at radius 1 is 1.43 bits per heavy atom. The summed E-state index contributed by atoms with van der Waals surface area (Å²) >= 11 is 1.55. The third-order valence-electron chi connectivity index (χ3n) is 6.33. The fourth-order valence-electron chi connectivity index (χ4n) is 5.04. The minimum Gasteiger partial charge on any atom is -0.383 e. The third-order valence-corrected chi connectivity index (χ3v) is 7.31. The van der Waals surface area contributed by atoms with E-state index in [1.165, 1.54) is 0 Å². The lowest BCUT2D eigenvalue weighted by Gasteiger charge is -2.44. The molecule has 2 aliphatic rings. The maximum atomic E-state index is 13.4. The van der Waals surface area contributed by atoms with Crippen molar-refractivity contribution in [1.29, 1.82) is 0 Å². The number of H-pyrrole nitrogens is 1. The van der Waals surface area contributed by atoms with Crippen LogP contribution in [0.25, 0.3) is 10.4 Å². The zero-order valence-electron chi connectivity index (χ0n) is 15.9. The summed E-state index contributed by atoms with van der Waals surface area (Å²) < 4.78 is 1.75. The standard InChI is InChI=1S/C20H23N5O2S/c1-12-5-15-7-20(27,18-3-4-23-24(18)2)8-16(12)25(15)19(26)13-6-17(28-11-13)14-9-21-22-10-14/h3-4,6,9-12,15-16,27H,5,7-8H2,1-2H3,(H,21,22). The average molecular weight is 398 g/mol. The number of hydrogen-bond acceptors (Lipinski definition) is 5. The second-order valence-electron chi connectivity index (χ2n) is 8.11. The van der Waals surface area contributed by atoms with Gasteiger partial charge in [-0.1, -0.05) is 6.92 Å². The first-order valence-electron chi connectivity index (χ1n) is 9.57. The van der Waals surface area contributed by atoms with Crippen molar-refractivity contribution < 1.29 is 9.90 Å². The van der Waals surface area contributed by atoms with Crippen LogP contribution in [0, 0.1) is 5.92 Å². The van der Waals surface area contributed by atoms with E-state index < -0.39 is 5.60 Å². The summed E-state index contributed by atoms with van der Waals surface area (Å²) in [7, 11) is 1.86. The zero-order valence-corrected chi connectivity index (χ0v) is 16.7. The van der Waals surface area contributed by atoms with Gasteiger partial charge >= 0.3 is 0 Å². The number of carbonyl (C=O) groups excluding carboxylic acids is 1. The molecule has 2 aliphatic heterocycles. The van der Waals surface area contributed by atoms with E-state index in [0.717, 1.165) is 28.1 Å². The van der Waals surface area contributed by atoms with Gasteiger partial charge in [0.05, 0.1) is 17.5 Å². The summed E-state index contributed by atoms with van der Waals surface area (Å²) in [5.41, 5.74) is 1.61. The molecule has 5 rings (SSSR count). The molecule has 0 aromatic carbocycles. The molecule has 2 saturated heterocycles. The lowest BCUT2D eigenvalue weighted by Crippen LogP contribution is -2.53. The Labute approximate surface area is 167 Å². The van der Waals surface area contributed by atoms with Crippen LogP contribution in [0.1, 0.15) is 42.2 Å². The number of fused-ring (bicyclic) bond motifs is 2. The van der Waals surface area contributed by atoms with E-state index >= 15 is 0 Å². The van der Waals surface area contributed by atoms with Gasteiger partial charge < -0.3 is 10.0 Å². The van der Waals surface area contributed by atoms with Crippen LogP contribution in [-0.2, 0) is 12.6 Å². The number of carbonyl (C=O) groups is 1. The summed E-state index contributed by atoms with van der Waals surface area (Å²) in [6, 6.07) is 3.91. The predicted octanol–water partition coefficient (Wildman–Crippen LogP) is 2.77. The zero-order chi connectivity index (χ0) is 19.5. The molecular weight excluding hydrogens is 374 g/mol. The summed E-state index contributed by atoms with van der Waals surface area (Å²) in [6.07, 6.45) is 7.35. The van der Waals surface area contributed by atoms with Gasteiger partial charge in [-0.3, -0.25) is 14.6 Å². The maximum Gasteiger partial charge on any atom is 0.255 e. The molecule has 0 aliphatic carbocycles. The number of aromatic nitrogens is 4. The number of rotatable bonds is 3. The van der Waals surface area contributed by atoms with Gasteiger partial charge in [-0.05, 0) is 24.5 Å². The first-order valence-corrected chi connectivity index (χ1v) is 10.5. The number of piperidine rings is 1. The van der Waals surface area contributed by atoms with Gasteiger partial charge in [-0.15, -0.1) is 11.3 Å².